The lowest BCUT2D eigenvalue weighted by atomic mass is 9.85. The predicted molar refractivity (Wildman–Crippen MR) is 117 cm³/mol. The van der Waals surface area contributed by atoms with Gasteiger partial charge in [0.15, 0.2) is 0 Å². The smallest absolute Gasteiger partial charge is 0.0864 e. The monoisotopic (exact) mass is 468 g/mol. The van der Waals surface area contributed by atoms with Gasteiger partial charge in [0.05, 0.1) is 22.6 Å². The molecule has 0 unspecified atom stereocenters. The Kier molecular flexibility index (Phi) is 4.72. The van der Waals surface area contributed by atoms with E-state index in [1.165, 1.54) is 5.56 Å². The molecule has 4 heteroatoms. The predicted octanol–water partition coefficient (Wildman–Crippen LogP) is 7.06. The number of halogens is 2. The van der Waals surface area contributed by atoms with E-state index >= 15 is 0 Å². The molecule has 0 spiro atoms. The maximum absolute atomic E-state index is 5.01. The van der Waals surface area contributed by atoms with Crippen LogP contribution in [0.25, 0.3) is 0 Å². The summed E-state index contributed by atoms with van der Waals surface area (Å²) >= 11 is 7.05. The lowest BCUT2D eigenvalue weighted by Crippen LogP contribution is -2.33. The van der Waals surface area contributed by atoms with Gasteiger partial charge in [-0.15, -0.1) is 0 Å². The minimum atomic E-state index is -0.251. The van der Waals surface area contributed by atoms with E-state index < -0.39 is 0 Å². The summed E-state index contributed by atoms with van der Waals surface area (Å²) in [4.78, 5) is 5.01. The molecule has 1 heterocycles. The summed E-state index contributed by atoms with van der Waals surface area (Å²) < 4.78 is 2.16. The molecule has 3 aromatic rings. The fourth-order valence-electron chi connectivity index (χ4n) is 3.34. The Morgan fingerprint density at radius 2 is 1.46 bits per heavy atom. The summed E-state index contributed by atoms with van der Waals surface area (Å²) in [7, 11) is 0. The van der Waals surface area contributed by atoms with Crippen molar-refractivity contribution >= 4 is 48.9 Å². The van der Waals surface area contributed by atoms with Crippen molar-refractivity contribution in [2.45, 2.75) is 18.9 Å². The first kappa shape index (κ1) is 17.5. The van der Waals surface area contributed by atoms with Gasteiger partial charge >= 0.3 is 0 Å². The molecule has 1 atom stereocenters. The van der Waals surface area contributed by atoms with Crippen molar-refractivity contribution in [3.8, 4) is 0 Å². The van der Waals surface area contributed by atoms with Gasteiger partial charge in [-0.25, -0.2) is 0 Å². The Bertz CT molecular complexity index is 962. The van der Waals surface area contributed by atoms with Crippen molar-refractivity contribution in [1.29, 1.82) is 0 Å². The van der Waals surface area contributed by atoms with E-state index in [1.807, 2.05) is 12.1 Å². The molecular weight excluding hydrogens is 452 g/mol. The normalized spacial score (nSPS) is 19.1. The number of fused-ring (bicyclic) bond motifs is 1. The maximum atomic E-state index is 5.01. The molecule has 1 aliphatic heterocycles. The summed E-state index contributed by atoms with van der Waals surface area (Å²) in [5.74, 6) is 0. The number of aliphatic imine (C=N–C) groups is 1. The third-order valence-corrected chi connectivity index (χ3v) is 5.81. The second kappa shape index (κ2) is 7.01. The summed E-state index contributed by atoms with van der Waals surface area (Å²) in [6.45, 7) is 2.24. The fourth-order valence-corrected chi connectivity index (χ4v) is 3.87. The minimum Gasteiger partial charge on any atom is -0.374 e. The molecule has 3 aromatic carbocycles. The molecule has 0 fully saturated rings. The van der Waals surface area contributed by atoms with E-state index in [2.05, 4.69) is 105 Å². The number of anilines is 1. The van der Waals surface area contributed by atoms with Crippen LogP contribution in [0.3, 0.4) is 0 Å². The number of hydrogen-bond donors (Lipinski definition) is 1. The molecule has 0 aliphatic carbocycles. The van der Waals surface area contributed by atoms with Gasteiger partial charge in [0, 0.05) is 15.4 Å². The molecule has 0 amide bonds. The van der Waals surface area contributed by atoms with Crippen molar-refractivity contribution in [3.05, 3.63) is 92.9 Å². The van der Waals surface area contributed by atoms with E-state index in [0.717, 1.165) is 38.0 Å². The van der Waals surface area contributed by atoms with Crippen LogP contribution in [-0.2, 0) is 5.54 Å². The number of benzene rings is 3. The number of para-hydroxylation sites is 2. The Morgan fingerprint density at radius 3 is 2.15 bits per heavy atom. The first-order valence-corrected chi connectivity index (χ1v) is 10.1. The highest BCUT2D eigenvalue weighted by atomic mass is 79.9. The lowest BCUT2D eigenvalue weighted by Gasteiger charge is -2.32. The lowest BCUT2D eigenvalue weighted by molar-refractivity contribution is 0.571. The molecule has 130 valence electrons. The average Bonchev–Trinajstić information content (AvgIpc) is 2.79. The molecule has 0 saturated heterocycles. The van der Waals surface area contributed by atoms with E-state index in [9.17, 15) is 0 Å². The summed E-state index contributed by atoms with van der Waals surface area (Å²) in [5, 5.41) is 3.74. The van der Waals surface area contributed by atoms with Crippen molar-refractivity contribution in [3.63, 3.8) is 0 Å². The van der Waals surface area contributed by atoms with Crippen molar-refractivity contribution < 1.29 is 0 Å². The highest BCUT2D eigenvalue weighted by Gasteiger charge is 2.31. The van der Waals surface area contributed by atoms with Crippen molar-refractivity contribution in [2.24, 2.45) is 4.99 Å². The molecular formula is C22H18Br2N2. The second-order valence-corrected chi connectivity index (χ2v) is 8.55. The average molecular weight is 470 g/mol. The van der Waals surface area contributed by atoms with E-state index in [-0.39, 0.29) is 5.54 Å². The van der Waals surface area contributed by atoms with E-state index in [0.29, 0.717) is 0 Å². The summed E-state index contributed by atoms with van der Waals surface area (Å²) in [6, 6.07) is 25.2. The first-order chi connectivity index (χ1) is 12.5. The fraction of sp³-hybridized carbons (Fsp3) is 0.136. The number of nitrogens with zero attached hydrogens (tertiary/aromatic N) is 1. The van der Waals surface area contributed by atoms with Gasteiger partial charge in [0.25, 0.3) is 0 Å². The topological polar surface area (TPSA) is 24.4 Å². The Labute approximate surface area is 170 Å². The minimum absolute atomic E-state index is 0.251. The summed E-state index contributed by atoms with van der Waals surface area (Å²) in [5.41, 5.74) is 5.26. The van der Waals surface area contributed by atoms with Crippen LogP contribution in [0.1, 0.15) is 24.5 Å². The Balaban J connectivity index is 1.84. The number of nitrogens with one attached hydrogen (secondary N) is 1. The zero-order chi connectivity index (χ0) is 18.1. The molecule has 1 aliphatic rings. The van der Waals surface area contributed by atoms with Crippen LogP contribution in [0.4, 0.5) is 11.4 Å². The van der Waals surface area contributed by atoms with Gasteiger partial charge in [-0.3, -0.25) is 4.99 Å². The third-order valence-electron chi connectivity index (χ3n) is 4.75. The van der Waals surface area contributed by atoms with Gasteiger partial charge < -0.3 is 5.32 Å². The number of rotatable bonds is 2. The SMILES string of the molecule is C[C@]1(c2ccc(Br)cc2)CC(c2ccc(Br)cc2)=Nc2ccccc2N1. The largest absolute Gasteiger partial charge is 0.374 e. The van der Waals surface area contributed by atoms with Gasteiger partial charge in [0.2, 0.25) is 0 Å². The van der Waals surface area contributed by atoms with Crippen LogP contribution in [0.15, 0.2) is 86.7 Å². The van der Waals surface area contributed by atoms with Crippen LogP contribution in [0, 0.1) is 0 Å². The molecule has 0 radical (unpaired) electrons. The van der Waals surface area contributed by atoms with Crippen LogP contribution in [0.2, 0.25) is 0 Å². The van der Waals surface area contributed by atoms with E-state index in [4.69, 9.17) is 4.99 Å². The van der Waals surface area contributed by atoms with Gasteiger partial charge in [-0.05, 0) is 54.4 Å². The quantitative estimate of drug-likeness (QED) is 0.426. The van der Waals surface area contributed by atoms with Crippen molar-refractivity contribution in [2.75, 3.05) is 5.32 Å². The molecule has 4 rings (SSSR count). The highest BCUT2D eigenvalue weighted by Crippen LogP contribution is 2.39. The van der Waals surface area contributed by atoms with Gasteiger partial charge in [-0.1, -0.05) is 68.3 Å². The Hall–Kier alpha value is -1.91. The van der Waals surface area contributed by atoms with Crippen LogP contribution < -0.4 is 5.32 Å². The van der Waals surface area contributed by atoms with Crippen molar-refractivity contribution in [1.82, 2.24) is 0 Å². The van der Waals surface area contributed by atoms with E-state index in [1.54, 1.807) is 0 Å². The summed E-state index contributed by atoms with van der Waals surface area (Å²) in [6.07, 6.45) is 0.797. The Morgan fingerprint density at radius 1 is 0.846 bits per heavy atom. The molecule has 2 nitrogen and oxygen atoms in total. The van der Waals surface area contributed by atoms with Crippen LogP contribution in [-0.4, -0.2) is 5.71 Å². The van der Waals surface area contributed by atoms with Gasteiger partial charge in [0.1, 0.15) is 0 Å². The number of hydrogen-bond acceptors (Lipinski definition) is 2. The van der Waals surface area contributed by atoms with Crippen LogP contribution >= 0.6 is 31.9 Å². The second-order valence-electron chi connectivity index (χ2n) is 6.72. The van der Waals surface area contributed by atoms with Gasteiger partial charge in [-0.2, -0.15) is 0 Å². The highest BCUT2D eigenvalue weighted by molar-refractivity contribution is 9.10. The molecule has 0 saturated carbocycles. The zero-order valence-corrected chi connectivity index (χ0v) is 17.5. The first-order valence-electron chi connectivity index (χ1n) is 8.50. The molecule has 1 N–H and O–H groups in total. The van der Waals surface area contributed by atoms with Crippen LogP contribution in [0.5, 0.6) is 0 Å². The maximum Gasteiger partial charge on any atom is 0.0864 e. The third kappa shape index (κ3) is 3.49. The zero-order valence-electron chi connectivity index (χ0n) is 14.3. The molecule has 0 aromatic heterocycles. The standard InChI is InChI=1S/C22H18Br2N2/c1-22(16-8-12-18(24)13-9-16)14-21(15-6-10-17(23)11-7-15)25-19-4-2-3-5-20(19)26-22/h2-13,26H,14H2,1H3/t22-/m1/s1. The molecule has 0 bridgehead atoms. The molecule has 26 heavy (non-hydrogen) atoms.